The quantitative estimate of drug-likeness (QED) is 0.247. The van der Waals surface area contributed by atoms with Gasteiger partial charge < -0.3 is 14.7 Å². The molecule has 0 radical (unpaired) electrons. The predicted molar refractivity (Wildman–Crippen MR) is 128 cm³/mol. The number of carbonyl (C=O) groups is 1. The van der Waals surface area contributed by atoms with Crippen molar-refractivity contribution < 1.29 is 32.2 Å². The molecule has 4 nitrogen and oxygen atoms in total. The van der Waals surface area contributed by atoms with Gasteiger partial charge in [-0.2, -0.15) is 13.2 Å². The van der Waals surface area contributed by atoms with Crippen molar-refractivity contribution in [3.8, 4) is 5.75 Å². The zero-order chi connectivity index (χ0) is 25.9. The standard InChI is InChI=1S/C26H22ClF4NO3/c1-4-15(2)32(23-13-12-17(25(33)34)14-21(23)28)22-11-6-5-8-18(22)16(3)35-24-19(26(29,30)31)9-7-10-20(24)27/h5-15H,3-4H2,1-2H3,(H,33,34). The van der Waals surface area contributed by atoms with Crippen molar-refractivity contribution in [2.45, 2.75) is 32.5 Å². The first-order chi connectivity index (χ1) is 16.5. The van der Waals surface area contributed by atoms with Crippen LogP contribution in [0.25, 0.3) is 5.76 Å². The van der Waals surface area contributed by atoms with Crippen molar-refractivity contribution in [1.29, 1.82) is 0 Å². The van der Waals surface area contributed by atoms with Gasteiger partial charge in [0.25, 0.3) is 0 Å². The van der Waals surface area contributed by atoms with Crippen molar-refractivity contribution >= 4 is 34.7 Å². The van der Waals surface area contributed by atoms with E-state index in [1.807, 2.05) is 13.8 Å². The number of hydrogen-bond acceptors (Lipinski definition) is 3. The number of rotatable bonds is 8. The summed E-state index contributed by atoms with van der Waals surface area (Å²) in [7, 11) is 0. The first-order valence-electron chi connectivity index (χ1n) is 10.6. The van der Waals surface area contributed by atoms with E-state index < -0.39 is 29.3 Å². The number of carboxylic acids is 1. The Kier molecular flexibility index (Phi) is 7.75. The predicted octanol–water partition coefficient (Wildman–Crippen LogP) is 8.18. The molecule has 3 aromatic rings. The number of nitrogens with zero attached hydrogens (tertiary/aromatic N) is 1. The summed E-state index contributed by atoms with van der Waals surface area (Å²) in [5.41, 5.74) is -0.456. The number of anilines is 2. The molecule has 1 N–H and O–H groups in total. The highest BCUT2D eigenvalue weighted by molar-refractivity contribution is 6.32. The van der Waals surface area contributed by atoms with E-state index in [2.05, 4.69) is 6.58 Å². The maximum Gasteiger partial charge on any atom is 0.420 e. The summed E-state index contributed by atoms with van der Waals surface area (Å²) < 4.78 is 61.2. The van der Waals surface area contributed by atoms with Gasteiger partial charge in [-0.3, -0.25) is 0 Å². The van der Waals surface area contributed by atoms with Crippen molar-refractivity contribution in [3.63, 3.8) is 0 Å². The van der Waals surface area contributed by atoms with Crippen LogP contribution in [0.1, 0.15) is 41.8 Å². The van der Waals surface area contributed by atoms with Crippen LogP contribution in [0, 0.1) is 5.82 Å². The second-order valence-corrected chi connectivity index (χ2v) is 8.16. The topological polar surface area (TPSA) is 49.8 Å². The molecule has 0 bridgehead atoms. The Morgan fingerprint density at radius 2 is 1.80 bits per heavy atom. The molecule has 0 fully saturated rings. The SMILES string of the molecule is C=C(Oc1c(Cl)cccc1C(F)(F)F)c1ccccc1N(c1ccc(C(=O)O)cc1F)C(C)CC. The number of carboxylic acid groups (broad SMARTS) is 1. The lowest BCUT2D eigenvalue weighted by Gasteiger charge is -2.33. The van der Waals surface area contributed by atoms with Crippen LogP contribution in [0.3, 0.4) is 0 Å². The average molecular weight is 508 g/mol. The summed E-state index contributed by atoms with van der Waals surface area (Å²) in [6.45, 7) is 7.54. The molecule has 0 aliphatic carbocycles. The van der Waals surface area contributed by atoms with E-state index in [0.29, 0.717) is 17.7 Å². The molecule has 35 heavy (non-hydrogen) atoms. The molecule has 0 saturated carbocycles. The third-order valence-corrected chi connectivity index (χ3v) is 5.75. The number of alkyl halides is 3. The summed E-state index contributed by atoms with van der Waals surface area (Å²) in [6.07, 6.45) is -4.14. The van der Waals surface area contributed by atoms with Crippen LogP contribution in [0.5, 0.6) is 5.75 Å². The van der Waals surface area contributed by atoms with Crippen LogP contribution in [-0.4, -0.2) is 17.1 Å². The van der Waals surface area contributed by atoms with E-state index in [1.165, 1.54) is 24.3 Å². The molecule has 0 aliphatic heterocycles. The number of hydrogen-bond donors (Lipinski definition) is 1. The van der Waals surface area contributed by atoms with Crippen molar-refractivity contribution in [2.75, 3.05) is 4.90 Å². The summed E-state index contributed by atoms with van der Waals surface area (Å²) in [5, 5.41) is 8.93. The van der Waals surface area contributed by atoms with Gasteiger partial charge in [0.2, 0.25) is 0 Å². The van der Waals surface area contributed by atoms with Crippen molar-refractivity contribution in [1.82, 2.24) is 0 Å². The lowest BCUT2D eigenvalue weighted by Crippen LogP contribution is -2.29. The second kappa shape index (κ2) is 10.4. The van der Waals surface area contributed by atoms with Crippen LogP contribution < -0.4 is 9.64 Å². The zero-order valence-electron chi connectivity index (χ0n) is 18.9. The Bertz CT molecular complexity index is 1260. The largest absolute Gasteiger partial charge is 0.478 e. The van der Waals surface area contributed by atoms with Crippen molar-refractivity contribution in [3.05, 3.63) is 94.8 Å². The summed E-state index contributed by atoms with van der Waals surface area (Å²) in [6, 6.07) is 13.1. The molecule has 3 rings (SSSR count). The lowest BCUT2D eigenvalue weighted by molar-refractivity contribution is -0.138. The van der Waals surface area contributed by atoms with E-state index >= 15 is 4.39 Å². The highest BCUT2D eigenvalue weighted by Crippen LogP contribution is 2.43. The number of aromatic carboxylic acids is 1. The van der Waals surface area contributed by atoms with E-state index in [-0.39, 0.29) is 28.1 Å². The zero-order valence-corrected chi connectivity index (χ0v) is 19.6. The first-order valence-corrected chi connectivity index (χ1v) is 11.0. The fraction of sp³-hybridized carbons (Fsp3) is 0.192. The number of para-hydroxylation sites is 2. The lowest BCUT2D eigenvalue weighted by atomic mass is 10.0. The Balaban J connectivity index is 2.11. The minimum absolute atomic E-state index is 0.0957. The summed E-state index contributed by atoms with van der Waals surface area (Å²) in [5.74, 6) is -2.76. The highest BCUT2D eigenvalue weighted by atomic mass is 35.5. The first kappa shape index (κ1) is 26.1. The smallest absolute Gasteiger partial charge is 0.420 e. The van der Waals surface area contributed by atoms with E-state index in [4.69, 9.17) is 16.3 Å². The highest BCUT2D eigenvalue weighted by Gasteiger charge is 2.36. The minimum Gasteiger partial charge on any atom is -0.478 e. The van der Waals surface area contributed by atoms with Crippen LogP contribution in [0.2, 0.25) is 5.02 Å². The maximum absolute atomic E-state index is 15.1. The monoisotopic (exact) mass is 507 g/mol. The summed E-state index contributed by atoms with van der Waals surface area (Å²) >= 11 is 6.03. The van der Waals surface area contributed by atoms with E-state index in [0.717, 1.165) is 12.1 Å². The molecule has 0 saturated heterocycles. The van der Waals surface area contributed by atoms with Gasteiger partial charge in [-0.05, 0) is 55.8 Å². The van der Waals surface area contributed by atoms with Crippen LogP contribution in [0.15, 0.2) is 67.2 Å². The van der Waals surface area contributed by atoms with Gasteiger partial charge in [-0.1, -0.05) is 43.3 Å². The Labute approximate surface area is 205 Å². The number of halogens is 5. The second-order valence-electron chi connectivity index (χ2n) is 7.76. The van der Waals surface area contributed by atoms with Gasteiger partial charge in [0.05, 0.1) is 27.5 Å². The molecule has 1 unspecified atom stereocenters. The van der Waals surface area contributed by atoms with Gasteiger partial charge in [0.1, 0.15) is 11.6 Å². The van der Waals surface area contributed by atoms with Crippen molar-refractivity contribution in [2.24, 2.45) is 0 Å². The molecule has 1 atom stereocenters. The molecule has 184 valence electrons. The Morgan fingerprint density at radius 1 is 1.11 bits per heavy atom. The van der Waals surface area contributed by atoms with Gasteiger partial charge in [-0.15, -0.1) is 0 Å². The van der Waals surface area contributed by atoms with Gasteiger partial charge in [-0.25, -0.2) is 9.18 Å². The fourth-order valence-electron chi connectivity index (χ4n) is 3.56. The fourth-order valence-corrected chi connectivity index (χ4v) is 3.77. The summed E-state index contributed by atoms with van der Waals surface area (Å²) in [4.78, 5) is 12.9. The molecular weight excluding hydrogens is 486 g/mol. The molecular formula is C26H22ClF4NO3. The van der Waals surface area contributed by atoms with Crippen LogP contribution >= 0.6 is 11.6 Å². The van der Waals surface area contributed by atoms with E-state index in [9.17, 15) is 23.1 Å². The average Bonchev–Trinajstić information content (AvgIpc) is 2.80. The normalized spacial score (nSPS) is 12.2. The third-order valence-electron chi connectivity index (χ3n) is 5.45. The molecule has 0 heterocycles. The van der Waals surface area contributed by atoms with E-state index in [1.54, 1.807) is 29.2 Å². The molecule has 0 aliphatic rings. The molecule has 0 aromatic heterocycles. The molecule has 0 spiro atoms. The van der Waals surface area contributed by atoms with Gasteiger partial charge >= 0.3 is 12.1 Å². The van der Waals surface area contributed by atoms with Crippen LogP contribution in [-0.2, 0) is 6.18 Å². The van der Waals surface area contributed by atoms with Crippen LogP contribution in [0.4, 0.5) is 28.9 Å². The molecule has 9 heteroatoms. The Hall–Kier alpha value is -3.52. The van der Waals surface area contributed by atoms with Gasteiger partial charge in [0.15, 0.2) is 5.75 Å². The maximum atomic E-state index is 15.1. The third kappa shape index (κ3) is 5.59. The van der Waals surface area contributed by atoms with Gasteiger partial charge in [0, 0.05) is 11.6 Å². The number of benzene rings is 3. The molecule has 0 amide bonds. The minimum atomic E-state index is -4.71. The Morgan fingerprint density at radius 3 is 2.40 bits per heavy atom. The number of ether oxygens (including phenoxy) is 1. The molecule has 3 aromatic carbocycles.